The molecule has 0 aliphatic carbocycles. The number of fused-ring (bicyclic) bond motifs is 1. The molecule has 2 aromatic heterocycles. The van der Waals surface area contributed by atoms with Gasteiger partial charge < -0.3 is 10.6 Å². The average molecular weight is 516 g/mol. The van der Waals surface area contributed by atoms with Gasteiger partial charge in [0.2, 0.25) is 0 Å². The highest BCUT2D eigenvalue weighted by atomic mass is 127. The first-order chi connectivity index (χ1) is 13.6. The van der Waals surface area contributed by atoms with Crippen LogP contribution in [0.4, 0.5) is 0 Å². The molecule has 162 valence electrons. The molecular weight excluding hydrogens is 483 g/mol. The van der Waals surface area contributed by atoms with Crippen molar-refractivity contribution in [3.8, 4) is 0 Å². The largest absolute Gasteiger partial charge is 0.356 e. The molecule has 1 aliphatic heterocycles. The number of nitrogens with zero attached hydrogens (tertiary/aromatic N) is 6. The van der Waals surface area contributed by atoms with E-state index in [9.17, 15) is 4.79 Å². The van der Waals surface area contributed by atoms with Crippen LogP contribution < -0.4 is 16.3 Å². The number of aryl methyl sites for hydroxylation is 5. The minimum absolute atomic E-state index is 0. The lowest BCUT2D eigenvalue weighted by Crippen LogP contribution is -2.39. The van der Waals surface area contributed by atoms with Gasteiger partial charge in [-0.3, -0.25) is 14.2 Å². The van der Waals surface area contributed by atoms with E-state index in [1.165, 1.54) is 5.69 Å². The van der Waals surface area contributed by atoms with E-state index in [-0.39, 0.29) is 29.7 Å². The fourth-order valence-electron chi connectivity index (χ4n) is 3.59. The van der Waals surface area contributed by atoms with Gasteiger partial charge in [-0.1, -0.05) is 0 Å². The lowest BCUT2D eigenvalue weighted by Gasteiger charge is -2.12. The number of aliphatic imine (C=N–C) groups is 1. The number of halogens is 1. The van der Waals surface area contributed by atoms with Crippen LogP contribution in [0.2, 0.25) is 0 Å². The molecule has 2 N–H and O–H groups in total. The average Bonchev–Trinajstić information content (AvgIpc) is 3.19. The second-order valence-corrected chi connectivity index (χ2v) is 7.31. The summed E-state index contributed by atoms with van der Waals surface area (Å²) in [6.45, 7) is 7.98. The van der Waals surface area contributed by atoms with Crippen molar-refractivity contribution in [2.45, 2.75) is 65.6 Å². The molecule has 0 saturated carbocycles. The zero-order chi connectivity index (χ0) is 19.9. The topological polar surface area (TPSA) is 94.1 Å². The molecule has 10 heteroatoms. The number of rotatable bonds is 8. The number of hydrogen-bond donors (Lipinski definition) is 2. The molecule has 0 unspecified atom stereocenters. The van der Waals surface area contributed by atoms with E-state index in [4.69, 9.17) is 0 Å². The van der Waals surface area contributed by atoms with Gasteiger partial charge >= 0.3 is 5.69 Å². The number of hydrogen-bond acceptors (Lipinski definition) is 4. The first kappa shape index (κ1) is 23.4. The van der Waals surface area contributed by atoms with Crippen LogP contribution in [-0.4, -0.2) is 50.2 Å². The zero-order valence-corrected chi connectivity index (χ0v) is 20.0. The van der Waals surface area contributed by atoms with Crippen LogP contribution in [0.1, 0.15) is 42.9 Å². The molecule has 3 rings (SSSR count). The molecule has 2 aromatic rings. The Kier molecular flexibility index (Phi) is 9.18. The van der Waals surface area contributed by atoms with Crippen LogP contribution in [0.5, 0.6) is 0 Å². The monoisotopic (exact) mass is 516 g/mol. The van der Waals surface area contributed by atoms with Crippen LogP contribution in [-0.2, 0) is 26.1 Å². The summed E-state index contributed by atoms with van der Waals surface area (Å²) in [6.07, 6.45) is 4.90. The van der Waals surface area contributed by atoms with Gasteiger partial charge in [0.15, 0.2) is 5.96 Å². The Labute approximate surface area is 189 Å². The van der Waals surface area contributed by atoms with Gasteiger partial charge in [-0.15, -0.1) is 24.0 Å². The van der Waals surface area contributed by atoms with Crippen LogP contribution >= 0.6 is 24.0 Å². The predicted octanol–water partition coefficient (Wildman–Crippen LogP) is 1.46. The lowest BCUT2D eigenvalue weighted by molar-refractivity contribution is 0.509. The van der Waals surface area contributed by atoms with E-state index in [2.05, 4.69) is 38.8 Å². The first-order valence-corrected chi connectivity index (χ1v) is 10.2. The smallest absolute Gasteiger partial charge is 0.345 e. The molecule has 3 heterocycles. The Hall–Kier alpha value is -1.85. The summed E-state index contributed by atoms with van der Waals surface area (Å²) in [7, 11) is 1.77. The zero-order valence-electron chi connectivity index (χ0n) is 17.6. The summed E-state index contributed by atoms with van der Waals surface area (Å²) in [5, 5.41) is 15.6. The van der Waals surface area contributed by atoms with E-state index < -0.39 is 0 Å². The number of aromatic nitrogens is 5. The molecule has 0 atom stereocenters. The summed E-state index contributed by atoms with van der Waals surface area (Å²) in [4.78, 5) is 16.6. The second kappa shape index (κ2) is 11.4. The summed E-state index contributed by atoms with van der Waals surface area (Å²) in [5.41, 5.74) is 2.28. The maximum absolute atomic E-state index is 12.3. The fourth-order valence-corrected chi connectivity index (χ4v) is 3.59. The third kappa shape index (κ3) is 6.31. The number of guanidine groups is 1. The second-order valence-electron chi connectivity index (χ2n) is 7.31. The minimum Gasteiger partial charge on any atom is -0.356 e. The van der Waals surface area contributed by atoms with Crippen molar-refractivity contribution < 1.29 is 0 Å². The quantitative estimate of drug-likeness (QED) is 0.240. The van der Waals surface area contributed by atoms with E-state index in [1.54, 1.807) is 11.7 Å². The summed E-state index contributed by atoms with van der Waals surface area (Å²) < 4.78 is 5.46. The third-order valence-corrected chi connectivity index (χ3v) is 5.04. The Bertz CT molecular complexity index is 866. The highest BCUT2D eigenvalue weighted by Gasteiger charge is 2.16. The van der Waals surface area contributed by atoms with Gasteiger partial charge in [-0.25, -0.2) is 9.48 Å². The van der Waals surface area contributed by atoms with Crippen molar-refractivity contribution in [3.05, 3.63) is 33.8 Å². The van der Waals surface area contributed by atoms with Gasteiger partial charge in [-0.05, 0) is 45.6 Å². The van der Waals surface area contributed by atoms with E-state index in [1.807, 2.05) is 16.2 Å². The van der Waals surface area contributed by atoms with Gasteiger partial charge in [-0.2, -0.15) is 10.2 Å². The van der Waals surface area contributed by atoms with E-state index in [0.29, 0.717) is 6.54 Å². The molecule has 0 spiro atoms. The Balaban J connectivity index is 0.00000300. The first-order valence-electron chi connectivity index (χ1n) is 10.2. The molecule has 0 bridgehead atoms. The van der Waals surface area contributed by atoms with Crippen molar-refractivity contribution >= 4 is 29.9 Å². The Morgan fingerprint density at radius 2 is 1.79 bits per heavy atom. The van der Waals surface area contributed by atoms with Crippen LogP contribution in [0.15, 0.2) is 15.9 Å². The predicted molar refractivity (Wildman–Crippen MR) is 125 cm³/mol. The van der Waals surface area contributed by atoms with Crippen molar-refractivity contribution in [3.63, 3.8) is 0 Å². The highest BCUT2D eigenvalue weighted by molar-refractivity contribution is 14.0. The maximum Gasteiger partial charge on any atom is 0.345 e. The molecule has 9 nitrogen and oxygen atoms in total. The Morgan fingerprint density at radius 3 is 2.38 bits per heavy atom. The number of nitrogens with one attached hydrogen (secondary N) is 2. The van der Waals surface area contributed by atoms with Gasteiger partial charge in [0.1, 0.15) is 5.82 Å². The molecule has 1 aliphatic rings. The van der Waals surface area contributed by atoms with Crippen LogP contribution in [0.25, 0.3) is 0 Å². The van der Waals surface area contributed by atoms with Crippen molar-refractivity contribution in [1.29, 1.82) is 0 Å². The fraction of sp³-hybridized carbons (Fsp3) is 0.684. The summed E-state index contributed by atoms with van der Waals surface area (Å²) >= 11 is 0. The third-order valence-electron chi connectivity index (χ3n) is 5.04. The lowest BCUT2D eigenvalue weighted by atomic mass is 10.2. The Morgan fingerprint density at radius 1 is 1.10 bits per heavy atom. The van der Waals surface area contributed by atoms with Crippen molar-refractivity contribution in [2.24, 2.45) is 4.99 Å². The van der Waals surface area contributed by atoms with E-state index in [0.717, 1.165) is 75.8 Å². The molecular formula is C19H33IN8O. The maximum atomic E-state index is 12.3. The van der Waals surface area contributed by atoms with Crippen molar-refractivity contribution in [2.75, 3.05) is 20.1 Å². The molecule has 0 aromatic carbocycles. The molecule has 0 saturated heterocycles. The molecule has 0 amide bonds. The molecule has 0 radical (unpaired) electrons. The standard InChI is InChI=1S/C19H32N8O.HI/c1-15-14-16(2)26(23-15)12-6-9-21-18(20-3)22-10-7-13-27-19(28)25-11-5-4-8-17(25)24-27;/h14H,4-13H2,1-3H3,(H2,20,21,22);1H. The molecule has 0 fully saturated rings. The summed E-state index contributed by atoms with van der Waals surface area (Å²) in [6, 6.07) is 2.09. The molecule has 29 heavy (non-hydrogen) atoms. The summed E-state index contributed by atoms with van der Waals surface area (Å²) in [5.74, 6) is 1.72. The van der Waals surface area contributed by atoms with Crippen molar-refractivity contribution in [1.82, 2.24) is 34.8 Å². The van der Waals surface area contributed by atoms with Gasteiger partial charge in [0, 0.05) is 51.9 Å². The highest BCUT2D eigenvalue weighted by Crippen LogP contribution is 2.09. The SMILES string of the molecule is CN=C(NCCCn1nc(C)cc1C)NCCCn1nc2n(c1=O)CCCC2.I. The normalized spacial score (nSPS) is 13.7. The van der Waals surface area contributed by atoms with E-state index >= 15 is 0 Å². The van der Waals surface area contributed by atoms with Gasteiger partial charge in [0.25, 0.3) is 0 Å². The van der Waals surface area contributed by atoms with Gasteiger partial charge in [0.05, 0.1) is 5.69 Å². The van der Waals surface area contributed by atoms with Crippen LogP contribution in [0.3, 0.4) is 0 Å². The van der Waals surface area contributed by atoms with Crippen LogP contribution in [0, 0.1) is 13.8 Å². The minimum atomic E-state index is 0.